The van der Waals surface area contributed by atoms with Gasteiger partial charge in [-0.25, -0.2) is 0 Å². The minimum atomic E-state index is -3.74. The zero-order valence-corrected chi connectivity index (χ0v) is 11.4. The van der Waals surface area contributed by atoms with Crippen LogP contribution >= 0.6 is 0 Å². The molecule has 0 saturated heterocycles. The van der Waals surface area contributed by atoms with Gasteiger partial charge in [0.2, 0.25) is 0 Å². The van der Waals surface area contributed by atoms with Crippen LogP contribution in [0.5, 0.6) is 0 Å². The zero-order valence-electron chi connectivity index (χ0n) is 10.6. The van der Waals surface area contributed by atoms with Crippen molar-refractivity contribution >= 4 is 29.0 Å². The van der Waals surface area contributed by atoms with E-state index in [1.807, 2.05) is 0 Å². The Balaban J connectivity index is 0. The van der Waals surface area contributed by atoms with E-state index in [9.17, 15) is 8.42 Å². The molecule has 0 rings (SSSR count). The fourth-order valence-corrected chi connectivity index (χ4v) is 2.29. The van der Waals surface area contributed by atoms with Gasteiger partial charge in [-0.15, -0.1) is 0 Å². The molecule has 0 spiro atoms. The molecule has 17 heavy (non-hydrogen) atoms. The number of hydrogen-bond acceptors (Lipinski definition) is 2. The summed E-state index contributed by atoms with van der Waals surface area (Å²) in [5.41, 5.74) is 0. The number of hydrogen-bond donors (Lipinski definition) is 1. The van der Waals surface area contributed by atoms with Crippen molar-refractivity contribution in [3.8, 4) is 0 Å². The molecule has 1 N–H and O–H groups in total. The van der Waals surface area contributed by atoms with Gasteiger partial charge in [0, 0.05) is 0 Å². The summed E-state index contributed by atoms with van der Waals surface area (Å²) in [6.07, 6.45) is 8.91. The summed E-state index contributed by atoms with van der Waals surface area (Å²) in [7, 11) is -3.74. The van der Waals surface area contributed by atoms with Crippen LogP contribution < -0.4 is 0 Å². The van der Waals surface area contributed by atoms with Crippen LogP contribution in [0.4, 0.5) is 0 Å². The molecule has 0 heterocycles. The molecule has 0 bridgehead atoms. The Morgan fingerprint density at radius 3 is 1.71 bits per heavy atom. The minimum absolute atomic E-state index is 0. The van der Waals surface area contributed by atoms with Crippen molar-refractivity contribution in [1.29, 1.82) is 0 Å². The van der Waals surface area contributed by atoms with E-state index in [1.54, 1.807) is 0 Å². The molecular formula is C12H27LiO3S. The van der Waals surface area contributed by atoms with Gasteiger partial charge < -0.3 is 0 Å². The van der Waals surface area contributed by atoms with Crippen molar-refractivity contribution in [2.45, 2.75) is 65.2 Å². The fourth-order valence-electron chi connectivity index (χ4n) is 1.72. The Labute approximate surface area is 119 Å². The third-order valence-corrected chi connectivity index (χ3v) is 3.49. The second kappa shape index (κ2) is 11.6. The Bertz CT molecular complexity index is 250. The Hall–Kier alpha value is 0.507. The molecule has 0 unspecified atom stereocenters. The van der Waals surface area contributed by atoms with Crippen LogP contribution in [-0.4, -0.2) is 37.6 Å². The second-order valence-corrected chi connectivity index (χ2v) is 6.52. The Morgan fingerprint density at radius 1 is 0.882 bits per heavy atom. The summed E-state index contributed by atoms with van der Waals surface area (Å²) >= 11 is 0. The van der Waals surface area contributed by atoms with Gasteiger partial charge in [0.05, 0.1) is 5.75 Å². The van der Waals surface area contributed by atoms with Gasteiger partial charge in [0.15, 0.2) is 0 Å². The van der Waals surface area contributed by atoms with E-state index in [-0.39, 0.29) is 24.6 Å². The van der Waals surface area contributed by atoms with Crippen LogP contribution in [0.25, 0.3) is 0 Å². The molecular weight excluding hydrogens is 231 g/mol. The topological polar surface area (TPSA) is 54.4 Å². The van der Waals surface area contributed by atoms with Crippen LogP contribution in [0, 0.1) is 5.92 Å². The first kappa shape index (κ1) is 19.8. The average Bonchev–Trinajstić information content (AvgIpc) is 2.13. The van der Waals surface area contributed by atoms with E-state index in [4.69, 9.17) is 4.55 Å². The van der Waals surface area contributed by atoms with Crippen molar-refractivity contribution in [3.63, 3.8) is 0 Å². The van der Waals surface area contributed by atoms with Crippen molar-refractivity contribution < 1.29 is 13.0 Å². The van der Waals surface area contributed by atoms with Gasteiger partial charge in [-0.1, -0.05) is 58.8 Å². The molecule has 0 aliphatic carbocycles. The first-order valence-corrected chi connectivity index (χ1v) is 7.98. The van der Waals surface area contributed by atoms with Crippen LogP contribution in [0.15, 0.2) is 0 Å². The summed E-state index contributed by atoms with van der Waals surface area (Å²) < 4.78 is 29.4. The summed E-state index contributed by atoms with van der Waals surface area (Å²) in [6.45, 7) is 4.49. The molecule has 0 aromatic heterocycles. The standard InChI is InChI=1S/C12H26O3S.Li.H/c1-12(2)10-8-6-4-3-5-7-9-11-16(13,14)15;;/h12H,3-11H2,1-2H3,(H,13,14,15);;. The van der Waals surface area contributed by atoms with E-state index in [0.717, 1.165) is 18.8 Å². The molecule has 0 atom stereocenters. The summed E-state index contributed by atoms with van der Waals surface area (Å²) in [5, 5.41) is 0. The van der Waals surface area contributed by atoms with Crippen LogP contribution in [0.2, 0.25) is 0 Å². The maximum absolute atomic E-state index is 10.4. The fraction of sp³-hybridized carbons (Fsp3) is 1.00. The maximum atomic E-state index is 10.4. The molecule has 0 amide bonds. The SMILES string of the molecule is CC(C)CCCCCCCCCS(=O)(=O)O.[LiH]. The molecule has 0 saturated carbocycles. The summed E-state index contributed by atoms with van der Waals surface area (Å²) in [6, 6.07) is 0. The van der Waals surface area contributed by atoms with Gasteiger partial charge in [-0.2, -0.15) is 8.42 Å². The van der Waals surface area contributed by atoms with Crippen LogP contribution in [0.1, 0.15) is 65.2 Å². The Kier molecular flexibility index (Phi) is 13.5. The van der Waals surface area contributed by atoms with E-state index >= 15 is 0 Å². The summed E-state index contributed by atoms with van der Waals surface area (Å²) in [4.78, 5) is 0. The first-order valence-electron chi connectivity index (χ1n) is 6.37. The van der Waals surface area contributed by atoms with E-state index in [2.05, 4.69) is 13.8 Å². The predicted octanol–water partition coefficient (Wildman–Crippen LogP) is 3.00. The Morgan fingerprint density at radius 2 is 1.29 bits per heavy atom. The molecule has 0 aromatic rings. The van der Waals surface area contributed by atoms with Gasteiger partial charge in [0.1, 0.15) is 0 Å². The second-order valence-electron chi connectivity index (χ2n) is 4.94. The third-order valence-electron chi connectivity index (χ3n) is 2.68. The number of rotatable bonds is 10. The quantitative estimate of drug-likeness (QED) is 0.372. The number of unbranched alkanes of at least 4 members (excludes halogenated alkanes) is 6. The first-order chi connectivity index (χ1) is 7.42. The summed E-state index contributed by atoms with van der Waals surface area (Å²) in [5.74, 6) is 0.718. The molecule has 0 aliphatic heterocycles. The normalized spacial score (nSPS) is 11.5. The van der Waals surface area contributed by atoms with Crippen LogP contribution in [0.3, 0.4) is 0 Å². The molecule has 5 heteroatoms. The van der Waals surface area contributed by atoms with Crippen LogP contribution in [-0.2, 0) is 10.1 Å². The van der Waals surface area contributed by atoms with Crippen molar-refractivity contribution in [1.82, 2.24) is 0 Å². The average molecular weight is 258 g/mol. The van der Waals surface area contributed by atoms with Gasteiger partial charge in [-0.05, 0) is 12.3 Å². The van der Waals surface area contributed by atoms with Gasteiger partial charge in [0.25, 0.3) is 10.1 Å². The molecule has 100 valence electrons. The van der Waals surface area contributed by atoms with E-state index < -0.39 is 10.1 Å². The molecule has 0 fully saturated rings. The van der Waals surface area contributed by atoms with E-state index in [1.165, 1.54) is 32.1 Å². The molecule has 3 nitrogen and oxygen atoms in total. The van der Waals surface area contributed by atoms with Crippen molar-refractivity contribution in [3.05, 3.63) is 0 Å². The third kappa shape index (κ3) is 19.0. The van der Waals surface area contributed by atoms with Crippen molar-refractivity contribution in [2.24, 2.45) is 5.92 Å². The molecule has 0 radical (unpaired) electrons. The molecule has 0 aliphatic rings. The molecule has 0 aromatic carbocycles. The van der Waals surface area contributed by atoms with Gasteiger partial charge in [-0.3, -0.25) is 4.55 Å². The monoisotopic (exact) mass is 258 g/mol. The zero-order chi connectivity index (χ0) is 12.4. The van der Waals surface area contributed by atoms with Gasteiger partial charge >= 0.3 is 18.9 Å². The van der Waals surface area contributed by atoms with E-state index in [0.29, 0.717) is 6.42 Å². The van der Waals surface area contributed by atoms with Crippen molar-refractivity contribution in [2.75, 3.05) is 5.75 Å². The predicted molar refractivity (Wildman–Crippen MR) is 75.3 cm³/mol.